The molecule has 1 amide bonds. The molecule has 6 nitrogen and oxygen atoms in total. The van der Waals surface area contributed by atoms with Gasteiger partial charge in [0.2, 0.25) is 5.91 Å². The third-order valence-corrected chi connectivity index (χ3v) is 4.82. The predicted octanol–water partition coefficient (Wildman–Crippen LogP) is 0.511. The highest BCUT2D eigenvalue weighted by molar-refractivity contribution is 5.85. The number of rotatable bonds is 3. The average Bonchev–Trinajstić information content (AvgIpc) is 2.39. The van der Waals surface area contributed by atoms with Crippen molar-refractivity contribution in [1.82, 2.24) is 9.80 Å². The Labute approximate surface area is 126 Å². The number of hydrogen-bond acceptors (Lipinski definition) is 4. The summed E-state index contributed by atoms with van der Waals surface area (Å²) in [6.45, 7) is 6.37. The number of carboxylic acids is 1. The molecule has 2 heterocycles. The van der Waals surface area contributed by atoms with Gasteiger partial charge in [0.05, 0.1) is 6.54 Å². The molecule has 1 atom stereocenters. The van der Waals surface area contributed by atoms with Gasteiger partial charge < -0.3 is 15.7 Å². The lowest BCUT2D eigenvalue weighted by Gasteiger charge is -2.44. The third kappa shape index (κ3) is 3.74. The zero-order valence-electron chi connectivity index (χ0n) is 13.0. The van der Waals surface area contributed by atoms with Crippen LogP contribution in [0.2, 0.25) is 0 Å². The van der Waals surface area contributed by atoms with E-state index < -0.39 is 12.0 Å². The van der Waals surface area contributed by atoms with Gasteiger partial charge in [0.25, 0.3) is 0 Å². The molecule has 3 N–H and O–H groups in total. The van der Waals surface area contributed by atoms with Crippen molar-refractivity contribution >= 4 is 11.9 Å². The van der Waals surface area contributed by atoms with Crippen molar-refractivity contribution < 1.29 is 14.7 Å². The van der Waals surface area contributed by atoms with Gasteiger partial charge in [0, 0.05) is 25.7 Å². The monoisotopic (exact) mass is 297 g/mol. The molecule has 0 spiro atoms. The van der Waals surface area contributed by atoms with Crippen LogP contribution in [0.5, 0.6) is 0 Å². The minimum Gasteiger partial charge on any atom is -0.480 e. The van der Waals surface area contributed by atoms with E-state index in [1.807, 2.05) is 13.8 Å². The van der Waals surface area contributed by atoms with Crippen LogP contribution in [0.15, 0.2) is 0 Å². The van der Waals surface area contributed by atoms with Crippen LogP contribution in [0.25, 0.3) is 0 Å². The number of likely N-dealkylation sites (tertiary alicyclic amines) is 2. The van der Waals surface area contributed by atoms with Gasteiger partial charge in [-0.15, -0.1) is 0 Å². The highest BCUT2D eigenvalue weighted by Crippen LogP contribution is 2.35. The second-order valence-electron chi connectivity index (χ2n) is 7.03. The summed E-state index contributed by atoms with van der Waals surface area (Å²) in [5, 5.41) is 9.51. The van der Waals surface area contributed by atoms with E-state index in [1.54, 1.807) is 4.90 Å². The number of carboxylic acid groups (broad SMARTS) is 1. The van der Waals surface area contributed by atoms with E-state index in [-0.39, 0.29) is 17.4 Å². The first-order chi connectivity index (χ1) is 9.81. The van der Waals surface area contributed by atoms with Gasteiger partial charge in [0.15, 0.2) is 0 Å². The summed E-state index contributed by atoms with van der Waals surface area (Å²) >= 11 is 0. The smallest absolute Gasteiger partial charge is 0.326 e. The molecule has 2 aliphatic rings. The van der Waals surface area contributed by atoms with E-state index in [0.717, 1.165) is 38.8 Å². The Morgan fingerprint density at radius 1 is 1.24 bits per heavy atom. The first kappa shape index (κ1) is 16.2. The molecule has 21 heavy (non-hydrogen) atoms. The molecule has 2 saturated heterocycles. The van der Waals surface area contributed by atoms with E-state index >= 15 is 0 Å². The Morgan fingerprint density at radius 2 is 1.86 bits per heavy atom. The summed E-state index contributed by atoms with van der Waals surface area (Å²) in [7, 11) is 0. The maximum atomic E-state index is 12.5. The maximum Gasteiger partial charge on any atom is 0.326 e. The van der Waals surface area contributed by atoms with Crippen molar-refractivity contribution in [3.63, 3.8) is 0 Å². The Kier molecular flexibility index (Phi) is 4.88. The minimum atomic E-state index is -0.895. The van der Waals surface area contributed by atoms with Gasteiger partial charge >= 0.3 is 5.97 Å². The summed E-state index contributed by atoms with van der Waals surface area (Å²) in [5.41, 5.74) is 5.50. The SMILES string of the molecule is CC1(C)CCCN(C(=O)CN2CCC(N)CC2)C1C(=O)O. The van der Waals surface area contributed by atoms with E-state index in [2.05, 4.69) is 4.90 Å². The lowest BCUT2D eigenvalue weighted by molar-refractivity contribution is -0.159. The number of nitrogens with zero attached hydrogens (tertiary/aromatic N) is 2. The molecule has 0 aromatic carbocycles. The molecular weight excluding hydrogens is 270 g/mol. The van der Waals surface area contributed by atoms with Gasteiger partial charge in [-0.3, -0.25) is 9.69 Å². The normalized spacial score (nSPS) is 27.6. The van der Waals surface area contributed by atoms with Crippen LogP contribution in [0.4, 0.5) is 0 Å². The van der Waals surface area contributed by atoms with Gasteiger partial charge in [0.1, 0.15) is 6.04 Å². The molecule has 2 rings (SSSR count). The molecule has 0 saturated carbocycles. The second-order valence-corrected chi connectivity index (χ2v) is 7.03. The summed E-state index contributed by atoms with van der Waals surface area (Å²) in [5.74, 6) is -0.959. The van der Waals surface area contributed by atoms with E-state index in [0.29, 0.717) is 13.1 Å². The number of carbonyl (C=O) groups excluding carboxylic acids is 1. The number of hydrogen-bond donors (Lipinski definition) is 2. The highest BCUT2D eigenvalue weighted by Gasteiger charge is 2.44. The number of piperidine rings is 2. The Bertz CT molecular complexity index is 403. The van der Waals surface area contributed by atoms with Gasteiger partial charge in [-0.25, -0.2) is 4.79 Å². The van der Waals surface area contributed by atoms with Crippen molar-refractivity contribution in [3.05, 3.63) is 0 Å². The van der Waals surface area contributed by atoms with Gasteiger partial charge in [-0.05, 0) is 31.1 Å². The lowest BCUT2D eigenvalue weighted by Crippen LogP contribution is -2.58. The van der Waals surface area contributed by atoms with Crippen molar-refractivity contribution in [1.29, 1.82) is 0 Å². The van der Waals surface area contributed by atoms with E-state index in [9.17, 15) is 14.7 Å². The van der Waals surface area contributed by atoms with Crippen LogP contribution < -0.4 is 5.73 Å². The fourth-order valence-corrected chi connectivity index (χ4v) is 3.52. The van der Waals surface area contributed by atoms with Gasteiger partial charge in [-0.1, -0.05) is 13.8 Å². The standard InChI is InChI=1S/C15H27N3O3/c1-15(2)6-3-7-18(13(15)14(20)21)12(19)10-17-8-4-11(16)5-9-17/h11,13H,3-10,16H2,1-2H3,(H,20,21). The minimum absolute atomic E-state index is 0.0642. The summed E-state index contributed by atoms with van der Waals surface area (Å²) < 4.78 is 0. The topological polar surface area (TPSA) is 86.9 Å². The quantitative estimate of drug-likeness (QED) is 0.792. The highest BCUT2D eigenvalue weighted by atomic mass is 16.4. The van der Waals surface area contributed by atoms with Crippen LogP contribution in [0.3, 0.4) is 0 Å². The molecule has 120 valence electrons. The van der Waals surface area contributed by atoms with Crippen molar-refractivity contribution in [2.24, 2.45) is 11.1 Å². The summed E-state index contributed by atoms with van der Waals surface area (Å²) in [6.07, 6.45) is 3.52. The van der Waals surface area contributed by atoms with Gasteiger partial charge in [-0.2, -0.15) is 0 Å². The van der Waals surface area contributed by atoms with E-state index in [4.69, 9.17) is 5.73 Å². The molecule has 1 unspecified atom stereocenters. The Hall–Kier alpha value is -1.14. The molecule has 0 radical (unpaired) electrons. The number of carbonyl (C=O) groups is 2. The van der Waals surface area contributed by atoms with Crippen molar-refractivity contribution in [3.8, 4) is 0 Å². The van der Waals surface area contributed by atoms with Crippen LogP contribution in [0, 0.1) is 5.41 Å². The average molecular weight is 297 g/mol. The molecule has 0 bridgehead atoms. The summed E-state index contributed by atoms with van der Waals surface area (Å²) in [4.78, 5) is 27.8. The number of nitrogens with two attached hydrogens (primary N) is 1. The van der Waals surface area contributed by atoms with Crippen LogP contribution in [0.1, 0.15) is 39.5 Å². The largest absolute Gasteiger partial charge is 0.480 e. The Morgan fingerprint density at radius 3 is 2.43 bits per heavy atom. The molecular formula is C15H27N3O3. The van der Waals surface area contributed by atoms with Crippen molar-refractivity contribution in [2.45, 2.75) is 51.6 Å². The fraction of sp³-hybridized carbons (Fsp3) is 0.867. The second kappa shape index (κ2) is 6.32. The molecule has 2 aliphatic heterocycles. The molecule has 6 heteroatoms. The maximum absolute atomic E-state index is 12.5. The first-order valence-corrected chi connectivity index (χ1v) is 7.81. The summed E-state index contributed by atoms with van der Waals surface area (Å²) in [6, 6.07) is -0.483. The Balaban J connectivity index is 2.01. The predicted molar refractivity (Wildman–Crippen MR) is 79.8 cm³/mol. The zero-order chi connectivity index (χ0) is 15.6. The first-order valence-electron chi connectivity index (χ1n) is 7.81. The molecule has 2 fully saturated rings. The third-order valence-electron chi connectivity index (χ3n) is 4.82. The molecule has 0 aromatic rings. The molecule has 0 aromatic heterocycles. The number of aliphatic carboxylic acids is 1. The van der Waals surface area contributed by atoms with Crippen LogP contribution >= 0.6 is 0 Å². The zero-order valence-corrected chi connectivity index (χ0v) is 13.0. The number of amides is 1. The van der Waals surface area contributed by atoms with Crippen LogP contribution in [-0.2, 0) is 9.59 Å². The fourth-order valence-electron chi connectivity index (χ4n) is 3.52. The van der Waals surface area contributed by atoms with E-state index in [1.165, 1.54) is 0 Å². The van der Waals surface area contributed by atoms with Crippen molar-refractivity contribution in [2.75, 3.05) is 26.2 Å². The lowest BCUT2D eigenvalue weighted by atomic mass is 9.76. The van der Waals surface area contributed by atoms with Crippen LogP contribution in [-0.4, -0.2) is 65.0 Å². The molecule has 0 aliphatic carbocycles.